The Morgan fingerprint density at radius 1 is 1.40 bits per heavy atom. The number of aryl methyl sites for hydroxylation is 2. The van der Waals surface area contributed by atoms with E-state index in [-0.39, 0.29) is 13.0 Å². The van der Waals surface area contributed by atoms with Crippen LogP contribution in [0.2, 0.25) is 0 Å². The van der Waals surface area contributed by atoms with Gasteiger partial charge in [-0.1, -0.05) is 24.3 Å². The van der Waals surface area contributed by atoms with E-state index in [0.29, 0.717) is 5.69 Å². The molecular weight excluding hydrogens is 258 g/mol. The molecule has 1 aromatic rings. The molecule has 5 nitrogen and oxygen atoms in total. The number of para-hydroxylation sites is 1. The molecule has 5 heteroatoms. The van der Waals surface area contributed by atoms with E-state index < -0.39 is 18.0 Å². The Bertz CT molecular complexity index is 490. The Kier molecular flexibility index (Phi) is 5.93. The number of benzene rings is 1. The molecule has 0 saturated heterocycles. The van der Waals surface area contributed by atoms with Gasteiger partial charge in [0.25, 0.3) is 5.91 Å². The number of carbonyl (C=O) groups is 2. The van der Waals surface area contributed by atoms with E-state index >= 15 is 0 Å². The molecule has 0 radical (unpaired) electrons. The van der Waals surface area contributed by atoms with Gasteiger partial charge in [-0.2, -0.15) is 0 Å². The van der Waals surface area contributed by atoms with E-state index in [9.17, 15) is 9.59 Å². The van der Waals surface area contributed by atoms with Crippen molar-refractivity contribution in [2.45, 2.75) is 26.4 Å². The van der Waals surface area contributed by atoms with Crippen molar-refractivity contribution in [3.63, 3.8) is 0 Å². The lowest BCUT2D eigenvalue weighted by atomic mass is 10.1. The summed E-state index contributed by atoms with van der Waals surface area (Å²) in [6.45, 7) is 7.35. The molecule has 1 unspecified atom stereocenters. The largest absolute Gasteiger partial charge is 0.481 e. The van der Waals surface area contributed by atoms with Crippen LogP contribution in [0.1, 0.15) is 17.5 Å². The summed E-state index contributed by atoms with van der Waals surface area (Å²) in [6.07, 6.45) is 0.0515. The first-order valence-corrected chi connectivity index (χ1v) is 6.27. The smallest absolute Gasteiger partial charge is 0.306 e. The number of aliphatic carboxylic acids is 1. The molecule has 1 atom stereocenters. The topological polar surface area (TPSA) is 75.6 Å². The predicted molar refractivity (Wildman–Crippen MR) is 76.7 cm³/mol. The number of carboxylic acid groups (broad SMARTS) is 1. The molecule has 1 amide bonds. The van der Waals surface area contributed by atoms with Gasteiger partial charge in [-0.25, -0.2) is 0 Å². The van der Waals surface area contributed by atoms with Gasteiger partial charge in [0, 0.05) is 5.69 Å². The number of anilines is 1. The Morgan fingerprint density at radius 2 is 2.00 bits per heavy atom. The van der Waals surface area contributed by atoms with E-state index in [1.54, 1.807) is 0 Å². The zero-order valence-corrected chi connectivity index (χ0v) is 11.7. The molecule has 0 bridgehead atoms. The lowest BCUT2D eigenvalue weighted by Gasteiger charge is -2.17. The minimum Gasteiger partial charge on any atom is -0.481 e. The van der Waals surface area contributed by atoms with Crippen LogP contribution < -0.4 is 5.32 Å². The summed E-state index contributed by atoms with van der Waals surface area (Å²) < 4.78 is 5.20. The number of nitrogens with one attached hydrogen (secondary N) is 1. The quantitative estimate of drug-likeness (QED) is 0.750. The zero-order valence-electron chi connectivity index (χ0n) is 11.7. The summed E-state index contributed by atoms with van der Waals surface area (Å²) >= 11 is 0. The maximum atomic E-state index is 12.1. The van der Waals surface area contributed by atoms with Crippen LogP contribution >= 0.6 is 0 Å². The molecule has 0 aliphatic rings. The van der Waals surface area contributed by atoms with Gasteiger partial charge in [0.15, 0.2) is 0 Å². The maximum absolute atomic E-state index is 12.1. The number of carbonyl (C=O) groups excluding carboxylic acids is 1. The molecule has 0 aromatic heterocycles. The Hall–Kier alpha value is -2.14. The Labute approximate surface area is 118 Å². The number of hydrogen-bond acceptors (Lipinski definition) is 3. The highest BCUT2D eigenvalue weighted by Gasteiger charge is 2.23. The van der Waals surface area contributed by atoms with Crippen LogP contribution in [0.3, 0.4) is 0 Å². The molecule has 2 N–H and O–H groups in total. The second kappa shape index (κ2) is 7.45. The number of hydrogen-bond donors (Lipinski definition) is 2. The fourth-order valence-corrected chi connectivity index (χ4v) is 1.79. The van der Waals surface area contributed by atoms with Gasteiger partial charge < -0.3 is 15.2 Å². The van der Waals surface area contributed by atoms with Crippen molar-refractivity contribution in [2.75, 3.05) is 11.9 Å². The van der Waals surface area contributed by atoms with Crippen LogP contribution in [0.15, 0.2) is 30.9 Å². The number of rotatable bonds is 7. The van der Waals surface area contributed by atoms with Gasteiger partial charge in [0.05, 0.1) is 13.0 Å². The summed E-state index contributed by atoms with van der Waals surface area (Å²) in [5.74, 6) is -1.55. The third-order valence-electron chi connectivity index (χ3n) is 2.80. The van der Waals surface area contributed by atoms with E-state index in [0.717, 1.165) is 11.1 Å². The van der Waals surface area contributed by atoms with Crippen LogP contribution in [-0.4, -0.2) is 29.7 Å². The fourth-order valence-electron chi connectivity index (χ4n) is 1.79. The van der Waals surface area contributed by atoms with Crippen LogP contribution in [0.5, 0.6) is 0 Å². The summed E-state index contributed by atoms with van der Waals surface area (Å²) in [6, 6.07) is 5.64. The third kappa shape index (κ3) is 4.51. The highest BCUT2D eigenvalue weighted by molar-refractivity contribution is 5.97. The van der Waals surface area contributed by atoms with Gasteiger partial charge in [0.1, 0.15) is 6.10 Å². The highest BCUT2D eigenvalue weighted by atomic mass is 16.5. The first-order valence-electron chi connectivity index (χ1n) is 6.27. The van der Waals surface area contributed by atoms with Crippen molar-refractivity contribution < 1.29 is 19.4 Å². The molecule has 0 heterocycles. The predicted octanol–water partition coefficient (Wildman–Crippen LogP) is 2.29. The van der Waals surface area contributed by atoms with Crippen molar-refractivity contribution in [3.8, 4) is 0 Å². The highest BCUT2D eigenvalue weighted by Crippen LogP contribution is 2.20. The van der Waals surface area contributed by atoms with Crippen molar-refractivity contribution in [1.82, 2.24) is 0 Å². The normalized spacial score (nSPS) is 11.7. The number of ether oxygens (including phenoxy) is 1. The molecule has 20 heavy (non-hydrogen) atoms. The van der Waals surface area contributed by atoms with Crippen LogP contribution in [0.4, 0.5) is 5.69 Å². The number of amides is 1. The molecule has 1 rings (SSSR count). The summed E-state index contributed by atoms with van der Waals surface area (Å²) in [4.78, 5) is 22.9. The van der Waals surface area contributed by atoms with Gasteiger partial charge in [-0.3, -0.25) is 9.59 Å². The van der Waals surface area contributed by atoms with Crippen LogP contribution in [-0.2, 0) is 14.3 Å². The molecule has 0 aliphatic carbocycles. The van der Waals surface area contributed by atoms with Crippen LogP contribution in [0.25, 0.3) is 0 Å². The molecule has 0 saturated carbocycles. The minimum absolute atomic E-state index is 0.123. The maximum Gasteiger partial charge on any atom is 0.306 e. The second-order valence-electron chi connectivity index (χ2n) is 4.46. The first-order chi connectivity index (χ1) is 9.45. The number of carboxylic acids is 1. The van der Waals surface area contributed by atoms with Gasteiger partial charge in [-0.15, -0.1) is 6.58 Å². The third-order valence-corrected chi connectivity index (χ3v) is 2.80. The fraction of sp³-hybridized carbons (Fsp3) is 0.333. The molecule has 0 aliphatic heterocycles. The SMILES string of the molecule is C=CCOC(CC(=O)O)C(=O)Nc1c(C)cccc1C. The first kappa shape index (κ1) is 15.9. The lowest BCUT2D eigenvalue weighted by molar-refractivity contribution is -0.144. The molecule has 0 spiro atoms. The summed E-state index contributed by atoms with van der Waals surface area (Å²) in [7, 11) is 0. The monoisotopic (exact) mass is 277 g/mol. The average molecular weight is 277 g/mol. The van der Waals surface area contributed by atoms with Crippen molar-refractivity contribution in [2.24, 2.45) is 0 Å². The molecular formula is C15H19NO4. The van der Waals surface area contributed by atoms with Crippen molar-refractivity contribution in [3.05, 3.63) is 42.0 Å². The molecule has 1 aromatic carbocycles. The molecule has 0 fully saturated rings. The van der Waals surface area contributed by atoms with E-state index in [1.807, 2.05) is 32.0 Å². The van der Waals surface area contributed by atoms with E-state index in [1.165, 1.54) is 6.08 Å². The minimum atomic E-state index is -1.09. The standard InChI is InChI=1S/C15H19NO4/c1-4-8-20-12(9-13(17)18)15(19)16-14-10(2)6-5-7-11(14)3/h4-7,12H,1,8-9H2,2-3H3,(H,16,19)(H,17,18). The Balaban J connectivity index is 2.84. The van der Waals surface area contributed by atoms with E-state index in [2.05, 4.69) is 11.9 Å². The summed E-state index contributed by atoms with van der Waals surface area (Å²) in [5, 5.41) is 11.6. The second-order valence-corrected chi connectivity index (χ2v) is 4.46. The zero-order chi connectivity index (χ0) is 15.1. The van der Waals surface area contributed by atoms with Crippen molar-refractivity contribution >= 4 is 17.6 Å². The van der Waals surface area contributed by atoms with Gasteiger partial charge in [-0.05, 0) is 25.0 Å². The summed E-state index contributed by atoms with van der Waals surface area (Å²) in [5.41, 5.74) is 2.52. The van der Waals surface area contributed by atoms with Gasteiger partial charge in [0.2, 0.25) is 0 Å². The van der Waals surface area contributed by atoms with Crippen LogP contribution in [0, 0.1) is 13.8 Å². The lowest BCUT2D eigenvalue weighted by Crippen LogP contribution is -2.33. The average Bonchev–Trinajstić information content (AvgIpc) is 2.38. The van der Waals surface area contributed by atoms with Crippen molar-refractivity contribution in [1.29, 1.82) is 0 Å². The van der Waals surface area contributed by atoms with Gasteiger partial charge >= 0.3 is 5.97 Å². The Morgan fingerprint density at radius 3 is 2.50 bits per heavy atom. The van der Waals surface area contributed by atoms with E-state index in [4.69, 9.17) is 9.84 Å². The molecule has 108 valence electrons.